The van der Waals surface area contributed by atoms with Crippen molar-refractivity contribution in [3.8, 4) is 5.75 Å². The second-order valence-electron chi connectivity index (χ2n) is 7.57. The molecule has 2 aromatic carbocycles. The maximum Gasteiger partial charge on any atom is 0.258 e. The number of rotatable bonds is 9. The van der Waals surface area contributed by atoms with Gasteiger partial charge < -0.3 is 10.1 Å². The van der Waals surface area contributed by atoms with Crippen LogP contribution in [0.1, 0.15) is 44.6 Å². The fourth-order valence-corrected chi connectivity index (χ4v) is 4.22. The highest BCUT2D eigenvalue weighted by atomic mass is 32.2. The summed E-state index contributed by atoms with van der Waals surface area (Å²) in [6.07, 6.45) is 7.31. The molecule has 31 heavy (non-hydrogen) atoms. The van der Waals surface area contributed by atoms with E-state index >= 15 is 0 Å². The summed E-state index contributed by atoms with van der Waals surface area (Å²) in [4.78, 5) is 25.2. The van der Waals surface area contributed by atoms with E-state index in [9.17, 15) is 9.59 Å². The van der Waals surface area contributed by atoms with Crippen LogP contribution in [0.2, 0.25) is 0 Å². The first-order valence-electron chi connectivity index (χ1n) is 10.7. The highest BCUT2D eigenvalue weighted by Crippen LogP contribution is 2.22. The maximum absolute atomic E-state index is 12.2. The van der Waals surface area contributed by atoms with Crippen LogP contribution in [-0.2, 0) is 9.59 Å². The number of hydrazone groups is 1. The Kier molecular flexibility index (Phi) is 8.97. The lowest BCUT2D eigenvalue weighted by Crippen LogP contribution is -2.38. The Bertz CT molecular complexity index is 865. The van der Waals surface area contributed by atoms with Crippen molar-refractivity contribution in [3.05, 3.63) is 60.2 Å². The molecule has 0 radical (unpaired) electrons. The van der Waals surface area contributed by atoms with E-state index in [-0.39, 0.29) is 29.7 Å². The molecule has 2 amide bonds. The van der Waals surface area contributed by atoms with Crippen LogP contribution in [0.25, 0.3) is 0 Å². The maximum atomic E-state index is 12.2. The van der Waals surface area contributed by atoms with Gasteiger partial charge in [-0.05, 0) is 61.7 Å². The molecule has 7 heteroatoms. The summed E-state index contributed by atoms with van der Waals surface area (Å²) in [6, 6.07) is 17.3. The minimum absolute atomic E-state index is 0.0109. The molecule has 1 fully saturated rings. The molecular formula is C24H29N3O3S. The van der Waals surface area contributed by atoms with Gasteiger partial charge >= 0.3 is 0 Å². The highest BCUT2D eigenvalue weighted by Gasteiger charge is 2.16. The number of hydrogen-bond donors (Lipinski definition) is 2. The second kappa shape index (κ2) is 12.2. The molecule has 1 atom stereocenters. The second-order valence-corrected chi connectivity index (χ2v) is 8.98. The summed E-state index contributed by atoms with van der Waals surface area (Å²) in [5, 5.41) is 6.81. The Morgan fingerprint density at radius 2 is 1.81 bits per heavy atom. The molecule has 0 aliphatic heterocycles. The Morgan fingerprint density at radius 1 is 1.10 bits per heavy atom. The summed E-state index contributed by atoms with van der Waals surface area (Å²) in [5.74, 6) is 0.379. The molecule has 0 unspecified atom stereocenters. The molecule has 164 valence electrons. The van der Waals surface area contributed by atoms with Gasteiger partial charge in [-0.1, -0.05) is 37.5 Å². The number of nitrogens with zero attached hydrogens (tertiary/aromatic N) is 1. The monoisotopic (exact) mass is 439 g/mol. The van der Waals surface area contributed by atoms with Gasteiger partial charge in [0.15, 0.2) is 6.61 Å². The van der Waals surface area contributed by atoms with Gasteiger partial charge in [-0.15, -0.1) is 11.8 Å². The minimum Gasteiger partial charge on any atom is -0.484 e. The number of benzene rings is 2. The molecule has 2 N–H and O–H groups in total. The van der Waals surface area contributed by atoms with Gasteiger partial charge in [-0.3, -0.25) is 9.59 Å². The van der Waals surface area contributed by atoms with Crippen molar-refractivity contribution in [1.29, 1.82) is 0 Å². The van der Waals surface area contributed by atoms with Crippen molar-refractivity contribution in [3.63, 3.8) is 0 Å². The standard InChI is InChI=1S/C24H29N3O3S/c1-18(31-22-10-6-3-7-11-22)24(29)27-25-16-19-12-14-21(15-13-19)30-17-23(28)26-20-8-4-2-5-9-20/h3,6-7,10-16,18,20H,2,4-5,8-9,17H2,1H3,(H,26,28)(H,27,29)/b25-16-/t18-/m0/s1. The molecule has 0 aromatic heterocycles. The first-order valence-corrected chi connectivity index (χ1v) is 11.5. The Morgan fingerprint density at radius 3 is 2.52 bits per heavy atom. The summed E-state index contributed by atoms with van der Waals surface area (Å²) < 4.78 is 5.57. The van der Waals surface area contributed by atoms with Crippen LogP contribution in [-0.4, -0.2) is 35.9 Å². The first-order chi connectivity index (χ1) is 15.1. The predicted octanol–water partition coefficient (Wildman–Crippen LogP) is 4.15. The van der Waals surface area contributed by atoms with Crippen LogP contribution in [0.15, 0.2) is 64.6 Å². The third-order valence-corrected chi connectivity index (χ3v) is 6.15. The Hall–Kier alpha value is -2.80. The van der Waals surface area contributed by atoms with Crippen LogP contribution >= 0.6 is 11.8 Å². The molecule has 1 saturated carbocycles. The first kappa shape index (κ1) is 22.9. The van der Waals surface area contributed by atoms with Crippen molar-refractivity contribution >= 4 is 29.8 Å². The smallest absolute Gasteiger partial charge is 0.258 e. The topological polar surface area (TPSA) is 79.8 Å². The predicted molar refractivity (Wildman–Crippen MR) is 124 cm³/mol. The number of carbonyl (C=O) groups excluding carboxylic acids is 2. The van der Waals surface area contributed by atoms with E-state index in [1.54, 1.807) is 18.3 Å². The van der Waals surface area contributed by atoms with Crippen molar-refractivity contribution < 1.29 is 14.3 Å². The Balaban J connectivity index is 1.38. The highest BCUT2D eigenvalue weighted by molar-refractivity contribution is 8.00. The molecule has 1 aliphatic rings. The van der Waals surface area contributed by atoms with E-state index in [0.717, 1.165) is 23.3 Å². The van der Waals surface area contributed by atoms with E-state index < -0.39 is 0 Å². The molecule has 0 saturated heterocycles. The van der Waals surface area contributed by atoms with E-state index in [0.29, 0.717) is 5.75 Å². The molecule has 6 nitrogen and oxygen atoms in total. The lowest BCUT2D eigenvalue weighted by Gasteiger charge is -2.22. The third-order valence-electron chi connectivity index (χ3n) is 5.03. The van der Waals surface area contributed by atoms with E-state index in [4.69, 9.17) is 4.74 Å². The zero-order valence-corrected chi connectivity index (χ0v) is 18.6. The van der Waals surface area contributed by atoms with Gasteiger partial charge in [0.05, 0.1) is 11.5 Å². The Labute approximate surface area is 187 Å². The number of amides is 2. The van der Waals surface area contributed by atoms with Crippen molar-refractivity contribution in [2.45, 2.75) is 55.2 Å². The summed E-state index contributed by atoms with van der Waals surface area (Å²) in [5.41, 5.74) is 3.39. The van der Waals surface area contributed by atoms with Crippen LogP contribution < -0.4 is 15.5 Å². The molecule has 0 heterocycles. The number of hydrogen-bond acceptors (Lipinski definition) is 5. The summed E-state index contributed by atoms with van der Waals surface area (Å²) in [7, 11) is 0. The minimum atomic E-state index is -0.255. The van der Waals surface area contributed by atoms with Crippen LogP contribution in [0.3, 0.4) is 0 Å². The number of nitrogens with one attached hydrogen (secondary N) is 2. The van der Waals surface area contributed by atoms with Crippen molar-refractivity contribution in [2.75, 3.05) is 6.61 Å². The van der Waals surface area contributed by atoms with Gasteiger partial charge in [0.1, 0.15) is 5.75 Å². The van der Waals surface area contributed by atoms with Crippen LogP contribution in [0.4, 0.5) is 0 Å². The average Bonchev–Trinajstić information content (AvgIpc) is 2.80. The quantitative estimate of drug-likeness (QED) is 0.350. The van der Waals surface area contributed by atoms with Crippen LogP contribution in [0, 0.1) is 0 Å². The molecule has 2 aromatic rings. The molecule has 1 aliphatic carbocycles. The van der Waals surface area contributed by atoms with E-state index in [1.165, 1.54) is 31.0 Å². The van der Waals surface area contributed by atoms with Crippen molar-refractivity contribution in [2.24, 2.45) is 5.10 Å². The van der Waals surface area contributed by atoms with Gasteiger partial charge in [0.25, 0.3) is 11.8 Å². The van der Waals surface area contributed by atoms with Crippen LogP contribution in [0.5, 0.6) is 5.75 Å². The summed E-state index contributed by atoms with van der Waals surface area (Å²) in [6.45, 7) is 1.86. The van der Waals surface area contributed by atoms with Gasteiger partial charge in [-0.2, -0.15) is 5.10 Å². The SMILES string of the molecule is C[C@H](Sc1ccccc1)C(=O)N/N=C\c1ccc(OCC(=O)NC2CCCCC2)cc1. The largest absolute Gasteiger partial charge is 0.484 e. The van der Waals surface area contributed by atoms with E-state index in [1.807, 2.05) is 49.4 Å². The molecular weight excluding hydrogens is 410 g/mol. The molecule has 3 rings (SSSR count). The number of carbonyl (C=O) groups is 2. The van der Waals surface area contributed by atoms with E-state index in [2.05, 4.69) is 15.8 Å². The summed E-state index contributed by atoms with van der Waals surface area (Å²) >= 11 is 1.48. The van der Waals surface area contributed by atoms with Gasteiger partial charge in [0, 0.05) is 10.9 Å². The lowest BCUT2D eigenvalue weighted by molar-refractivity contribution is -0.124. The fraction of sp³-hybridized carbons (Fsp3) is 0.375. The normalized spacial score (nSPS) is 15.4. The molecule has 0 spiro atoms. The van der Waals surface area contributed by atoms with Gasteiger partial charge in [-0.25, -0.2) is 5.43 Å². The fourth-order valence-electron chi connectivity index (χ4n) is 3.33. The lowest BCUT2D eigenvalue weighted by atomic mass is 9.95. The zero-order valence-electron chi connectivity index (χ0n) is 17.8. The van der Waals surface area contributed by atoms with Crippen molar-refractivity contribution in [1.82, 2.24) is 10.7 Å². The molecule has 0 bridgehead atoms. The average molecular weight is 440 g/mol. The number of thioether (sulfide) groups is 1. The third kappa shape index (κ3) is 8.09. The number of ether oxygens (including phenoxy) is 1. The zero-order chi connectivity index (χ0) is 21.9. The van der Waals surface area contributed by atoms with Gasteiger partial charge in [0.2, 0.25) is 0 Å².